The fourth-order valence-corrected chi connectivity index (χ4v) is 6.22. The van der Waals surface area contributed by atoms with E-state index in [1.807, 2.05) is 0 Å². The van der Waals surface area contributed by atoms with E-state index in [1.54, 1.807) is 18.2 Å². The molecule has 140 valence electrons. The quantitative estimate of drug-likeness (QED) is 0.759. The third-order valence-corrected chi connectivity index (χ3v) is 7.62. The molecule has 2 aromatic rings. The van der Waals surface area contributed by atoms with Gasteiger partial charge in [-0.3, -0.25) is 0 Å². The number of nitrogens with zero attached hydrogens (tertiary/aromatic N) is 1. The van der Waals surface area contributed by atoms with Crippen LogP contribution < -0.4 is 9.47 Å². The Bertz CT molecular complexity index is 1030. The highest BCUT2D eigenvalue weighted by atomic mass is 35.5. The fourth-order valence-electron chi connectivity index (χ4n) is 3.79. The van der Waals surface area contributed by atoms with Gasteiger partial charge in [0.25, 0.3) is 0 Å². The van der Waals surface area contributed by atoms with Crippen LogP contribution in [0.4, 0.5) is 0 Å². The molecule has 0 spiro atoms. The van der Waals surface area contributed by atoms with Gasteiger partial charge < -0.3 is 14.2 Å². The molecular weight excluding hydrogens is 390 g/mol. The van der Waals surface area contributed by atoms with Crippen LogP contribution in [0.5, 0.6) is 11.5 Å². The highest BCUT2D eigenvalue weighted by molar-refractivity contribution is 7.92. The summed E-state index contributed by atoms with van der Waals surface area (Å²) >= 11 is 5.88. The summed E-state index contributed by atoms with van der Waals surface area (Å²) in [5, 5.41) is 9.39. The molecule has 0 bridgehead atoms. The molecule has 3 atom stereocenters. The Morgan fingerprint density at radius 3 is 2.59 bits per heavy atom. The van der Waals surface area contributed by atoms with Crippen LogP contribution in [0.1, 0.15) is 11.5 Å². The predicted molar refractivity (Wildman–Crippen MR) is 97.7 cm³/mol. The maximum Gasteiger partial charge on any atom is 0.231 e. The number of fused-ring (bicyclic) bond motifs is 1. The first-order valence-corrected chi connectivity index (χ1v) is 10.2. The van der Waals surface area contributed by atoms with Crippen molar-refractivity contribution in [3.05, 3.63) is 53.1 Å². The van der Waals surface area contributed by atoms with Crippen LogP contribution >= 0.6 is 11.6 Å². The van der Waals surface area contributed by atoms with Gasteiger partial charge in [0.15, 0.2) is 21.3 Å². The van der Waals surface area contributed by atoms with Crippen LogP contribution in [-0.2, 0) is 14.6 Å². The van der Waals surface area contributed by atoms with Gasteiger partial charge in [0, 0.05) is 18.1 Å². The number of rotatable bonds is 5. The van der Waals surface area contributed by atoms with E-state index in [0.29, 0.717) is 22.1 Å². The van der Waals surface area contributed by atoms with E-state index in [1.165, 1.54) is 31.4 Å². The second-order valence-corrected chi connectivity index (χ2v) is 9.10. The zero-order valence-electron chi connectivity index (χ0n) is 14.4. The van der Waals surface area contributed by atoms with Gasteiger partial charge in [-0.05, 0) is 42.0 Å². The summed E-state index contributed by atoms with van der Waals surface area (Å²) in [6.45, 7) is 0.136. The Morgan fingerprint density at radius 2 is 1.93 bits per heavy atom. The Labute approximate surface area is 162 Å². The van der Waals surface area contributed by atoms with Gasteiger partial charge in [0.05, 0.1) is 22.8 Å². The molecule has 2 aromatic carbocycles. The van der Waals surface area contributed by atoms with Crippen molar-refractivity contribution in [2.24, 2.45) is 5.41 Å². The van der Waals surface area contributed by atoms with E-state index in [9.17, 15) is 13.7 Å². The number of nitriles is 1. The van der Waals surface area contributed by atoms with Gasteiger partial charge in [-0.2, -0.15) is 5.26 Å². The Balaban J connectivity index is 1.78. The third kappa shape index (κ3) is 2.76. The average molecular weight is 406 g/mol. The molecule has 0 unspecified atom stereocenters. The summed E-state index contributed by atoms with van der Waals surface area (Å²) in [5.41, 5.74) is -0.457. The normalized spacial score (nSPS) is 25.8. The molecule has 0 aromatic heterocycles. The van der Waals surface area contributed by atoms with Gasteiger partial charge in [-0.1, -0.05) is 17.7 Å². The third-order valence-electron chi connectivity index (χ3n) is 5.08. The lowest BCUT2D eigenvalue weighted by molar-refractivity contribution is 0.162. The molecule has 27 heavy (non-hydrogen) atoms. The first-order valence-electron chi connectivity index (χ1n) is 8.23. The van der Waals surface area contributed by atoms with Crippen molar-refractivity contribution < 1.29 is 22.6 Å². The maximum atomic E-state index is 13.3. The second-order valence-electron chi connectivity index (χ2n) is 6.60. The van der Waals surface area contributed by atoms with E-state index >= 15 is 0 Å². The molecule has 1 aliphatic carbocycles. The Morgan fingerprint density at radius 1 is 1.22 bits per heavy atom. The molecule has 0 radical (unpaired) electrons. The van der Waals surface area contributed by atoms with E-state index in [0.717, 1.165) is 0 Å². The van der Waals surface area contributed by atoms with Crippen molar-refractivity contribution in [3.63, 3.8) is 0 Å². The molecule has 1 fully saturated rings. The Kier molecular flexibility index (Phi) is 4.30. The number of hydrogen-bond donors (Lipinski definition) is 0. The lowest BCUT2D eigenvalue weighted by Gasteiger charge is -2.08. The lowest BCUT2D eigenvalue weighted by atomic mass is 10.0. The molecule has 1 saturated carbocycles. The van der Waals surface area contributed by atoms with Gasteiger partial charge in [-0.25, -0.2) is 8.42 Å². The monoisotopic (exact) mass is 405 g/mol. The van der Waals surface area contributed by atoms with Crippen molar-refractivity contribution in [3.8, 4) is 17.6 Å². The maximum absolute atomic E-state index is 13.3. The molecular formula is C19H16ClNO5S. The molecule has 0 N–H and O–H groups in total. The number of sulfone groups is 1. The highest BCUT2D eigenvalue weighted by Gasteiger charge is 2.72. The van der Waals surface area contributed by atoms with Crippen molar-refractivity contribution in [2.45, 2.75) is 16.1 Å². The minimum atomic E-state index is -3.77. The zero-order valence-corrected chi connectivity index (χ0v) is 16.0. The van der Waals surface area contributed by atoms with E-state index in [2.05, 4.69) is 6.07 Å². The van der Waals surface area contributed by atoms with Gasteiger partial charge in [-0.15, -0.1) is 0 Å². The molecule has 6 nitrogen and oxygen atoms in total. The smallest absolute Gasteiger partial charge is 0.231 e. The van der Waals surface area contributed by atoms with Crippen molar-refractivity contribution in [1.82, 2.24) is 0 Å². The molecule has 2 aliphatic rings. The molecule has 4 rings (SSSR count). The number of halogens is 1. The first-order chi connectivity index (χ1) is 12.9. The summed E-state index contributed by atoms with van der Waals surface area (Å²) in [6.07, 6.45) is 0. The largest absolute Gasteiger partial charge is 0.454 e. The Hall–Kier alpha value is -2.27. The zero-order chi connectivity index (χ0) is 19.2. The fraction of sp³-hybridized carbons (Fsp3) is 0.316. The number of ether oxygens (including phenoxy) is 3. The average Bonchev–Trinajstić information content (AvgIpc) is 3.10. The van der Waals surface area contributed by atoms with Gasteiger partial charge in [0.2, 0.25) is 6.79 Å². The van der Waals surface area contributed by atoms with E-state index in [4.69, 9.17) is 25.8 Å². The number of methoxy groups -OCH3 is 1. The standard InChI is InChI=1S/C19H16ClNO5S/c1-24-10-19(9-21)17(12-2-7-15-16(8-12)26-11-25-15)18(19)27(22,23)14-5-3-13(20)4-6-14/h2-8,17-18H,10-11H2,1H3/t17-,18+,19-/m1/s1. The summed E-state index contributed by atoms with van der Waals surface area (Å²) < 4.78 is 42.5. The molecule has 0 saturated heterocycles. The minimum Gasteiger partial charge on any atom is -0.454 e. The summed E-state index contributed by atoms with van der Waals surface area (Å²) in [7, 11) is -2.31. The molecule has 8 heteroatoms. The topological polar surface area (TPSA) is 85.6 Å². The number of hydrogen-bond acceptors (Lipinski definition) is 6. The lowest BCUT2D eigenvalue weighted by Crippen LogP contribution is -2.19. The summed E-state index contributed by atoms with van der Waals surface area (Å²) in [4.78, 5) is 0.135. The minimum absolute atomic E-state index is 0.0140. The number of benzene rings is 2. The van der Waals surface area contributed by atoms with Crippen LogP contribution in [-0.4, -0.2) is 34.2 Å². The SMILES string of the molecule is COC[C@]1(C#N)[C@H](c2ccc3c(c2)OCO3)[C@@H]1S(=O)(=O)c1ccc(Cl)cc1. The van der Waals surface area contributed by atoms with Crippen molar-refractivity contribution in [2.75, 3.05) is 20.5 Å². The van der Waals surface area contributed by atoms with Crippen LogP contribution in [0, 0.1) is 16.7 Å². The summed E-state index contributed by atoms with van der Waals surface area (Å²) in [5.74, 6) is 0.620. The molecule has 0 amide bonds. The van der Waals surface area contributed by atoms with Crippen molar-refractivity contribution in [1.29, 1.82) is 5.26 Å². The molecule has 1 heterocycles. The molecule has 1 aliphatic heterocycles. The van der Waals surface area contributed by atoms with Crippen LogP contribution in [0.2, 0.25) is 5.02 Å². The van der Waals surface area contributed by atoms with Crippen LogP contribution in [0.3, 0.4) is 0 Å². The van der Waals surface area contributed by atoms with Gasteiger partial charge in [0.1, 0.15) is 5.41 Å². The van der Waals surface area contributed by atoms with Crippen LogP contribution in [0.25, 0.3) is 0 Å². The highest BCUT2D eigenvalue weighted by Crippen LogP contribution is 2.64. The van der Waals surface area contributed by atoms with Crippen LogP contribution in [0.15, 0.2) is 47.4 Å². The second kappa shape index (κ2) is 6.41. The first kappa shape index (κ1) is 18.1. The van der Waals surface area contributed by atoms with Crippen molar-refractivity contribution >= 4 is 21.4 Å². The van der Waals surface area contributed by atoms with E-state index in [-0.39, 0.29) is 18.3 Å². The van der Waals surface area contributed by atoms with Gasteiger partial charge >= 0.3 is 0 Å². The summed E-state index contributed by atoms with van der Waals surface area (Å²) in [6, 6.07) is 13.4. The van der Waals surface area contributed by atoms with E-state index < -0.39 is 26.4 Å². The predicted octanol–water partition coefficient (Wildman–Crippen LogP) is 3.16.